The van der Waals surface area contributed by atoms with Crippen LogP contribution in [0.15, 0.2) is 59.8 Å². The molecule has 0 saturated heterocycles. The molecular weight excluding hydrogens is 386 g/mol. The Hall–Kier alpha value is -2.59. The van der Waals surface area contributed by atoms with Crippen LogP contribution in [0.25, 0.3) is 0 Å². The molecule has 0 spiro atoms. The summed E-state index contributed by atoms with van der Waals surface area (Å²) >= 11 is 6.44. The van der Waals surface area contributed by atoms with Crippen LogP contribution < -0.4 is 9.64 Å². The van der Waals surface area contributed by atoms with E-state index in [1.165, 1.54) is 0 Å². The Bertz CT molecular complexity index is 1020. The number of hydrogen-bond acceptors (Lipinski definition) is 3. The molecule has 1 atom stereocenters. The summed E-state index contributed by atoms with van der Waals surface area (Å²) in [6.07, 6.45) is 1.30. The highest BCUT2D eigenvalue weighted by atomic mass is 35.5. The first-order chi connectivity index (χ1) is 13.8. The van der Waals surface area contributed by atoms with Gasteiger partial charge in [0.25, 0.3) is 0 Å². The molecule has 5 heteroatoms. The van der Waals surface area contributed by atoms with Gasteiger partial charge in [-0.05, 0) is 30.0 Å². The van der Waals surface area contributed by atoms with E-state index < -0.39 is 0 Å². The van der Waals surface area contributed by atoms with Gasteiger partial charge in [0.15, 0.2) is 5.78 Å². The first kappa shape index (κ1) is 19.7. The number of carbonyl (C=O) groups is 2. The quantitative estimate of drug-likeness (QED) is 0.671. The maximum absolute atomic E-state index is 13.4. The van der Waals surface area contributed by atoms with Gasteiger partial charge < -0.3 is 4.74 Å². The number of halogens is 1. The van der Waals surface area contributed by atoms with Crippen molar-refractivity contribution in [3.05, 3.63) is 70.4 Å². The predicted octanol–water partition coefficient (Wildman–Crippen LogP) is 5.51. The van der Waals surface area contributed by atoms with Crippen LogP contribution in [-0.4, -0.2) is 18.8 Å². The average molecular weight is 410 g/mol. The Kier molecular flexibility index (Phi) is 4.99. The zero-order valence-corrected chi connectivity index (χ0v) is 17.6. The van der Waals surface area contributed by atoms with Gasteiger partial charge in [-0.2, -0.15) is 0 Å². The molecule has 0 N–H and O–H groups in total. The minimum absolute atomic E-state index is 0.0572. The van der Waals surface area contributed by atoms with Crippen molar-refractivity contribution in [2.45, 2.75) is 39.0 Å². The fraction of sp³-hybridized carbons (Fsp3) is 0.333. The summed E-state index contributed by atoms with van der Waals surface area (Å²) < 4.78 is 5.54. The number of benzene rings is 2. The SMILES string of the molecule is COc1ccccc1C1CC(=O)N(c2ccccc2Cl)C2=C1C(=O)CC(C)(C)C2. The van der Waals surface area contributed by atoms with E-state index in [1.807, 2.05) is 42.5 Å². The van der Waals surface area contributed by atoms with E-state index in [0.29, 0.717) is 34.9 Å². The lowest BCUT2D eigenvalue weighted by molar-refractivity contribution is -0.121. The molecule has 0 radical (unpaired) electrons. The van der Waals surface area contributed by atoms with E-state index in [0.717, 1.165) is 11.3 Å². The van der Waals surface area contributed by atoms with Crippen molar-refractivity contribution in [1.82, 2.24) is 0 Å². The summed E-state index contributed by atoms with van der Waals surface area (Å²) in [5.74, 6) is 0.423. The van der Waals surface area contributed by atoms with Crippen molar-refractivity contribution in [3.63, 3.8) is 0 Å². The maximum Gasteiger partial charge on any atom is 0.232 e. The summed E-state index contributed by atoms with van der Waals surface area (Å²) in [6, 6.07) is 14.9. The number of carbonyl (C=O) groups excluding carboxylic acids is 2. The summed E-state index contributed by atoms with van der Waals surface area (Å²) in [4.78, 5) is 28.4. The van der Waals surface area contributed by atoms with E-state index in [2.05, 4.69) is 13.8 Å². The zero-order chi connectivity index (χ0) is 20.8. The minimum atomic E-state index is -0.309. The number of ether oxygens (including phenoxy) is 1. The standard InChI is InChI=1S/C24H24ClNO3/c1-24(2)13-19-23(20(27)14-24)16(15-8-4-7-11-21(15)29-3)12-22(28)26(19)18-10-6-5-9-17(18)25/h4-11,16H,12-14H2,1-3H3. The van der Waals surface area contributed by atoms with Crippen molar-refractivity contribution in [1.29, 1.82) is 0 Å². The second-order valence-corrected chi connectivity index (χ2v) is 8.89. The van der Waals surface area contributed by atoms with Crippen LogP contribution in [-0.2, 0) is 9.59 Å². The molecule has 1 heterocycles. The van der Waals surface area contributed by atoms with E-state index in [-0.39, 0.29) is 29.4 Å². The van der Waals surface area contributed by atoms with Crippen LogP contribution in [0.5, 0.6) is 5.75 Å². The number of nitrogens with zero attached hydrogens (tertiary/aromatic N) is 1. The molecule has 2 aliphatic rings. The minimum Gasteiger partial charge on any atom is -0.496 e. The fourth-order valence-electron chi connectivity index (χ4n) is 4.55. The lowest BCUT2D eigenvalue weighted by Crippen LogP contribution is -2.43. The summed E-state index contributed by atoms with van der Waals surface area (Å²) in [6.45, 7) is 4.13. The monoisotopic (exact) mass is 409 g/mol. The molecule has 4 nitrogen and oxygen atoms in total. The molecule has 4 rings (SSSR count). The predicted molar refractivity (Wildman–Crippen MR) is 114 cm³/mol. The highest BCUT2D eigenvalue weighted by Crippen LogP contribution is 2.50. The number of ketones is 1. The van der Waals surface area contributed by atoms with Gasteiger partial charge in [0, 0.05) is 35.6 Å². The summed E-state index contributed by atoms with van der Waals surface area (Å²) in [5.41, 5.74) is 2.77. The molecular formula is C24H24ClNO3. The number of allylic oxidation sites excluding steroid dienone is 2. The number of Topliss-reactive ketones (excluding diaryl/α,β-unsaturated/α-hetero) is 1. The number of rotatable bonds is 3. The lowest BCUT2D eigenvalue weighted by Gasteiger charge is -2.43. The van der Waals surface area contributed by atoms with Crippen LogP contribution in [0, 0.1) is 5.41 Å². The second kappa shape index (κ2) is 7.34. The van der Waals surface area contributed by atoms with Gasteiger partial charge in [0.05, 0.1) is 17.8 Å². The van der Waals surface area contributed by atoms with Gasteiger partial charge in [-0.3, -0.25) is 14.5 Å². The van der Waals surface area contributed by atoms with Crippen molar-refractivity contribution in [3.8, 4) is 5.75 Å². The van der Waals surface area contributed by atoms with Gasteiger partial charge in [0.2, 0.25) is 5.91 Å². The Morgan fingerprint density at radius 1 is 1.03 bits per heavy atom. The molecule has 150 valence electrons. The van der Waals surface area contributed by atoms with Crippen LogP contribution in [0.2, 0.25) is 5.02 Å². The molecule has 0 bridgehead atoms. The number of hydrogen-bond donors (Lipinski definition) is 0. The van der Waals surface area contributed by atoms with Crippen molar-refractivity contribution >= 4 is 29.0 Å². The summed E-state index contributed by atoms with van der Waals surface area (Å²) in [7, 11) is 1.61. The first-order valence-corrected chi connectivity index (χ1v) is 10.2. The Morgan fingerprint density at radius 3 is 2.45 bits per heavy atom. The highest BCUT2D eigenvalue weighted by Gasteiger charge is 2.45. The van der Waals surface area contributed by atoms with E-state index in [9.17, 15) is 9.59 Å². The van der Waals surface area contributed by atoms with Gasteiger partial charge in [0.1, 0.15) is 5.75 Å². The molecule has 29 heavy (non-hydrogen) atoms. The number of methoxy groups -OCH3 is 1. The Labute approximate surface area is 176 Å². The highest BCUT2D eigenvalue weighted by molar-refractivity contribution is 6.34. The molecule has 0 fully saturated rings. The topological polar surface area (TPSA) is 46.6 Å². The Morgan fingerprint density at radius 2 is 1.72 bits per heavy atom. The van der Waals surface area contributed by atoms with Crippen LogP contribution >= 0.6 is 11.6 Å². The average Bonchev–Trinajstić information content (AvgIpc) is 2.67. The largest absolute Gasteiger partial charge is 0.496 e. The molecule has 1 aliphatic carbocycles. The van der Waals surface area contributed by atoms with Gasteiger partial charge in [-0.15, -0.1) is 0 Å². The molecule has 2 aromatic carbocycles. The third-order valence-electron chi connectivity index (χ3n) is 5.75. The molecule has 1 unspecified atom stereocenters. The van der Waals surface area contributed by atoms with E-state index >= 15 is 0 Å². The zero-order valence-electron chi connectivity index (χ0n) is 16.9. The number of para-hydroxylation sites is 2. The molecule has 0 aromatic heterocycles. The van der Waals surface area contributed by atoms with Crippen molar-refractivity contribution < 1.29 is 14.3 Å². The second-order valence-electron chi connectivity index (χ2n) is 8.48. The van der Waals surface area contributed by atoms with Crippen LogP contribution in [0.1, 0.15) is 44.6 Å². The van der Waals surface area contributed by atoms with Gasteiger partial charge in [-0.25, -0.2) is 0 Å². The van der Waals surface area contributed by atoms with Gasteiger partial charge >= 0.3 is 0 Å². The Balaban J connectivity index is 1.94. The lowest BCUT2D eigenvalue weighted by atomic mass is 9.69. The number of anilines is 1. The van der Waals surface area contributed by atoms with Crippen LogP contribution in [0.3, 0.4) is 0 Å². The van der Waals surface area contributed by atoms with E-state index in [4.69, 9.17) is 16.3 Å². The summed E-state index contributed by atoms with van der Waals surface area (Å²) in [5, 5.41) is 0.499. The van der Waals surface area contributed by atoms with E-state index in [1.54, 1.807) is 18.1 Å². The molecule has 2 aromatic rings. The molecule has 1 amide bonds. The van der Waals surface area contributed by atoms with Crippen molar-refractivity contribution in [2.24, 2.45) is 5.41 Å². The number of amides is 1. The van der Waals surface area contributed by atoms with Gasteiger partial charge in [-0.1, -0.05) is 55.8 Å². The van der Waals surface area contributed by atoms with Crippen LogP contribution in [0.4, 0.5) is 5.69 Å². The smallest absolute Gasteiger partial charge is 0.232 e. The normalized spacial score (nSPS) is 21.2. The molecule has 0 saturated carbocycles. The molecule has 1 aliphatic heterocycles. The first-order valence-electron chi connectivity index (χ1n) is 9.79. The maximum atomic E-state index is 13.4. The van der Waals surface area contributed by atoms with Crippen molar-refractivity contribution in [2.75, 3.05) is 12.0 Å². The third kappa shape index (κ3) is 3.46. The third-order valence-corrected chi connectivity index (χ3v) is 6.07. The fourth-order valence-corrected chi connectivity index (χ4v) is 4.77.